The normalized spacial score (nSPS) is 10.6. The van der Waals surface area contributed by atoms with E-state index in [4.69, 9.17) is 11.6 Å². The SMILES string of the molecule is CC(=O)c1nc(C)c2cc(Cl)ccc2n1. The second-order valence-electron chi connectivity index (χ2n) is 3.35. The Kier molecular flexibility index (Phi) is 2.40. The van der Waals surface area contributed by atoms with E-state index in [1.165, 1.54) is 6.92 Å². The number of carbonyl (C=O) groups is 1. The van der Waals surface area contributed by atoms with Gasteiger partial charge in [-0.1, -0.05) is 11.6 Å². The van der Waals surface area contributed by atoms with E-state index in [2.05, 4.69) is 9.97 Å². The first-order chi connectivity index (χ1) is 7.08. The van der Waals surface area contributed by atoms with Crippen molar-refractivity contribution in [1.29, 1.82) is 0 Å². The van der Waals surface area contributed by atoms with Crippen LogP contribution in [0.3, 0.4) is 0 Å². The molecule has 3 nitrogen and oxygen atoms in total. The number of ketones is 1. The predicted molar refractivity (Wildman–Crippen MR) is 59.3 cm³/mol. The Morgan fingerprint density at radius 1 is 1.33 bits per heavy atom. The van der Waals surface area contributed by atoms with E-state index in [1.54, 1.807) is 18.2 Å². The largest absolute Gasteiger partial charge is 0.291 e. The first-order valence-electron chi connectivity index (χ1n) is 4.53. The van der Waals surface area contributed by atoms with E-state index in [9.17, 15) is 4.79 Å². The van der Waals surface area contributed by atoms with Crippen molar-refractivity contribution >= 4 is 28.3 Å². The molecule has 0 fully saturated rings. The topological polar surface area (TPSA) is 42.9 Å². The maximum absolute atomic E-state index is 11.2. The van der Waals surface area contributed by atoms with Crippen molar-refractivity contribution in [3.05, 3.63) is 34.7 Å². The second kappa shape index (κ2) is 3.59. The molecule has 4 heteroatoms. The Morgan fingerprint density at radius 2 is 2.07 bits per heavy atom. The van der Waals surface area contributed by atoms with Crippen molar-refractivity contribution in [3.8, 4) is 0 Å². The molecule has 0 amide bonds. The lowest BCUT2D eigenvalue weighted by Crippen LogP contribution is -2.03. The smallest absolute Gasteiger partial charge is 0.196 e. The van der Waals surface area contributed by atoms with Gasteiger partial charge in [0.2, 0.25) is 0 Å². The number of rotatable bonds is 1. The van der Waals surface area contributed by atoms with E-state index < -0.39 is 0 Å². The molecule has 0 N–H and O–H groups in total. The Morgan fingerprint density at radius 3 is 2.73 bits per heavy atom. The van der Waals surface area contributed by atoms with Crippen molar-refractivity contribution in [2.24, 2.45) is 0 Å². The average Bonchev–Trinajstić information content (AvgIpc) is 2.18. The second-order valence-corrected chi connectivity index (χ2v) is 3.79. The van der Waals surface area contributed by atoms with Gasteiger partial charge in [0.1, 0.15) is 0 Å². The number of halogens is 1. The molecule has 2 rings (SSSR count). The molecule has 0 spiro atoms. The van der Waals surface area contributed by atoms with E-state index in [0.29, 0.717) is 5.02 Å². The van der Waals surface area contributed by atoms with Crippen LogP contribution in [0.1, 0.15) is 23.2 Å². The molecule has 0 saturated heterocycles. The molecule has 1 aromatic heterocycles. The van der Waals surface area contributed by atoms with Crippen LogP contribution in [0.2, 0.25) is 5.02 Å². The van der Waals surface area contributed by atoms with E-state index in [0.717, 1.165) is 16.6 Å². The molecule has 0 unspecified atom stereocenters. The molecular formula is C11H9ClN2O. The van der Waals surface area contributed by atoms with Crippen LogP contribution in [0.4, 0.5) is 0 Å². The maximum atomic E-state index is 11.2. The summed E-state index contributed by atoms with van der Waals surface area (Å²) < 4.78 is 0. The first-order valence-corrected chi connectivity index (χ1v) is 4.90. The number of hydrogen-bond donors (Lipinski definition) is 0. The third-order valence-corrected chi connectivity index (χ3v) is 2.40. The first kappa shape index (κ1) is 10.1. The van der Waals surface area contributed by atoms with Crippen molar-refractivity contribution < 1.29 is 4.79 Å². The highest BCUT2D eigenvalue weighted by Crippen LogP contribution is 2.20. The van der Waals surface area contributed by atoms with E-state index in [1.807, 2.05) is 6.92 Å². The lowest BCUT2D eigenvalue weighted by Gasteiger charge is -2.03. The third kappa shape index (κ3) is 1.83. The number of fused-ring (bicyclic) bond motifs is 1. The maximum Gasteiger partial charge on any atom is 0.196 e. The molecule has 2 aromatic rings. The average molecular weight is 221 g/mol. The summed E-state index contributed by atoms with van der Waals surface area (Å²) in [5, 5.41) is 1.53. The summed E-state index contributed by atoms with van der Waals surface area (Å²) >= 11 is 5.87. The zero-order chi connectivity index (χ0) is 11.0. The monoisotopic (exact) mass is 220 g/mol. The van der Waals surface area contributed by atoms with Gasteiger partial charge in [0, 0.05) is 23.0 Å². The number of nitrogens with zero attached hydrogens (tertiary/aromatic N) is 2. The number of aryl methyl sites for hydroxylation is 1. The molecule has 15 heavy (non-hydrogen) atoms. The summed E-state index contributed by atoms with van der Waals surface area (Å²) in [6, 6.07) is 5.34. The van der Waals surface area contributed by atoms with Crippen LogP contribution in [0.5, 0.6) is 0 Å². The fraction of sp³-hybridized carbons (Fsp3) is 0.182. The van der Waals surface area contributed by atoms with Crippen molar-refractivity contribution in [2.75, 3.05) is 0 Å². The number of hydrogen-bond acceptors (Lipinski definition) is 3. The lowest BCUT2D eigenvalue weighted by molar-refractivity contribution is 0.100. The van der Waals surface area contributed by atoms with E-state index >= 15 is 0 Å². The summed E-state index contributed by atoms with van der Waals surface area (Å²) in [6.07, 6.45) is 0. The van der Waals surface area contributed by atoms with Gasteiger partial charge >= 0.3 is 0 Å². The van der Waals surface area contributed by atoms with Crippen LogP contribution in [0, 0.1) is 6.92 Å². The summed E-state index contributed by atoms with van der Waals surface area (Å²) in [4.78, 5) is 19.4. The molecule has 0 atom stereocenters. The van der Waals surface area contributed by atoms with Gasteiger partial charge in [0.25, 0.3) is 0 Å². The minimum atomic E-state index is -0.130. The molecule has 0 radical (unpaired) electrons. The Hall–Kier alpha value is -1.48. The van der Waals surface area contributed by atoms with Crippen LogP contribution in [-0.2, 0) is 0 Å². The summed E-state index contributed by atoms with van der Waals surface area (Å²) in [7, 11) is 0. The fourth-order valence-electron chi connectivity index (χ4n) is 1.41. The fourth-order valence-corrected chi connectivity index (χ4v) is 1.58. The van der Waals surface area contributed by atoms with E-state index in [-0.39, 0.29) is 11.6 Å². The lowest BCUT2D eigenvalue weighted by atomic mass is 10.2. The number of Topliss-reactive ketones (excluding diaryl/α,β-unsaturated/α-hetero) is 1. The molecule has 1 heterocycles. The van der Waals surface area contributed by atoms with Gasteiger partial charge in [-0.05, 0) is 25.1 Å². The van der Waals surface area contributed by atoms with Crippen LogP contribution in [0.25, 0.3) is 10.9 Å². The van der Waals surface area contributed by atoms with Crippen molar-refractivity contribution in [2.45, 2.75) is 13.8 Å². The minimum Gasteiger partial charge on any atom is -0.291 e. The molecule has 1 aromatic carbocycles. The zero-order valence-corrected chi connectivity index (χ0v) is 9.17. The Bertz CT molecular complexity index is 552. The highest BCUT2D eigenvalue weighted by molar-refractivity contribution is 6.31. The van der Waals surface area contributed by atoms with Crippen molar-refractivity contribution in [1.82, 2.24) is 9.97 Å². The molecule has 0 aliphatic rings. The van der Waals surface area contributed by atoms with Gasteiger partial charge in [-0.15, -0.1) is 0 Å². The number of aromatic nitrogens is 2. The van der Waals surface area contributed by atoms with Gasteiger partial charge in [-0.3, -0.25) is 4.79 Å². The van der Waals surface area contributed by atoms with Crippen LogP contribution >= 0.6 is 11.6 Å². The number of carbonyl (C=O) groups excluding carboxylic acids is 1. The standard InChI is InChI=1S/C11H9ClN2O/c1-6-9-5-8(12)3-4-10(9)14-11(13-6)7(2)15/h3-5H,1-2H3. The van der Waals surface area contributed by atoms with Gasteiger partial charge in [-0.2, -0.15) is 0 Å². The van der Waals surface area contributed by atoms with Crippen LogP contribution in [-0.4, -0.2) is 15.8 Å². The van der Waals surface area contributed by atoms with Crippen LogP contribution in [0.15, 0.2) is 18.2 Å². The molecule has 76 valence electrons. The molecule has 0 aliphatic heterocycles. The van der Waals surface area contributed by atoms with Gasteiger partial charge < -0.3 is 0 Å². The highest BCUT2D eigenvalue weighted by atomic mass is 35.5. The Balaban J connectivity index is 2.78. The molecule has 0 saturated carbocycles. The molecule has 0 bridgehead atoms. The quantitative estimate of drug-likeness (QED) is 0.694. The molecule has 0 aliphatic carbocycles. The molecular weight excluding hydrogens is 212 g/mol. The van der Waals surface area contributed by atoms with Crippen molar-refractivity contribution in [3.63, 3.8) is 0 Å². The number of benzene rings is 1. The van der Waals surface area contributed by atoms with Gasteiger partial charge in [0.05, 0.1) is 5.52 Å². The van der Waals surface area contributed by atoms with Crippen LogP contribution < -0.4 is 0 Å². The minimum absolute atomic E-state index is 0.130. The highest BCUT2D eigenvalue weighted by Gasteiger charge is 2.07. The summed E-state index contributed by atoms with van der Waals surface area (Å²) in [5.74, 6) is 0.122. The van der Waals surface area contributed by atoms with Gasteiger partial charge in [-0.25, -0.2) is 9.97 Å². The summed E-state index contributed by atoms with van der Waals surface area (Å²) in [5.41, 5.74) is 1.52. The predicted octanol–water partition coefficient (Wildman–Crippen LogP) is 2.79. The Labute approximate surface area is 92.1 Å². The third-order valence-electron chi connectivity index (χ3n) is 2.16. The van der Waals surface area contributed by atoms with Gasteiger partial charge in [0.15, 0.2) is 11.6 Å². The zero-order valence-electron chi connectivity index (χ0n) is 8.41. The summed E-state index contributed by atoms with van der Waals surface area (Å²) in [6.45, 7) is 3.29.